The fraction of sp³-hybridized carbons (Fsp3) is 0.235. The van der Waals surface area contributed by atoms with Crippen LogP contribution in [0.3, 0.4) is 0 Å². The second-order valence-electron chi connectivity index (χ2n) is 4.73. The van der Waals surface area contributed by atoms with E-state index in [2.05, 4.69) is 5.32 Å². The Morgan fingerprint density at radius 3 is 2.47 bits per heavy atom. The molecule has 1 atom stereocenters. The maximum Gasteiger partial charge on any atom is 0.231 e. The molecule has 2 aromatic carbocycles. The molecule has 0 unspecified atom stereocenters. The lowest BCUT2D eigenvalue weighted by Crippen LogP contribution is -2.20. The Bertz CT molecular complexity index is 548. The van der Waals surface area contributed by atoms with Crippen LogP contribution in [-0.2, 0) is 4.79 Å². The third-order valence-corrected chi connectivity index (χ3v) is 3.21. The van der Waals surface area contributed by atoms with Crippen molar-refractivity contribution in [3.8, 4) is 0 Å². The predicted octanol–water partition coefficient (Wildman–Crippen LogP) is 4.13. The lowest BCUT2D eigenvalue weighted by atomic mass is 9.95. The molecule has 2 heteroatoms. The molecule has 0 radical (unpaired) electrons. The highest BCUT2D eigenvalue weighted by Crippen LogP contribution is 2.21. The van der Waals surface area contributed by atoms with Crippen molar-refractivity contribution in [2.24, 2.45) is 0 Å². The molecule has 0 saturated carbocycles. The van der Waals surface area contributed by atoms with Crippen LogP contribution in [0.1, 0.15) is 30.4 Å². The van der Waals surface area contributed by atoms with Gasteiger partial charge in [-0.2, -0.15) is 0 Å². The van der Waals surface area contributed by atoms with Crippen LogP contribution in [0.25, 0.3) is 0 Å². The molecule has 98 valence electrons. The molecule has 1 N–H and O–H groups in total. The fourth-order valence-electron chi connectivity index (χ4n) is 2.21. The van der Waals surface area contributed by atoms with E-state index in [1.165, 1.54) is 0 Å². The van der Waals surface area contributed by atoms with Gasteiger partial charge in [-0.05, 0) is 36.6 Å². The van der Waals surface area contributed by atoms with Gasteiger partial charge in [0.2, 0.25) is 5.91 Å². The average Bonchev–Trinajstić information content (AvgIpc) is 2.41. The van der Waals surface area contributed by atoms with Gasteiger partial charge in [0.05, 0.1) is 5.92 Å². The summed E-state index contributed by atoms with van der Waals surface area (Å²) in [6, 6.07) is 17.8. The van der Waals surface area contributed by atoms with Gasteiger partial charge in [0, 0.05) is 5.69 Å². The zero-order valence-corrected chi connectivity index (χ0v) is 11.4. The smallest absolute Gasteiger partial charge is 0.231 e. The number of nitrogens with one attached hydrogen (secondary N) is 1. The van der Waals surface area contributed by atoms with Gasteiger partial charge in [-0.25, -0.2) is 0 Å². The lowest BCUT2D eigenvalue weighted by Gasteiger charge is -2.15. The second kappa shape index (κ2) is 6.19. The third kappa shape index (κ3) is 3.44. The van der Waals surface area contributed by atoms with Gasteiger partial charge in [0.25, 0.3) is 0 Å². The summed E-state index contributed by atoms with van der Waals surface area (Å²) in [6.07, 6.45) is 0.793. The Balaban J connectivity index is 2.14. The van der Waals surface area contributed by atoms with Gasteiger partial charge in [0.15, 0.2) is 0 Å². The van der Waals surface area contributed by atoms with Gasteiger partial charge in [-0.3, -0.25) is 4.79 Å². The highest BCUT2D eigenvalue weighted by atomic mass is 16.1. The number of aryl methyl sites for hydroxylation is 1. The first kappa shape index (κ1) is 13.3. The first-order valence-electron chi connectivity index (χ1n) is 6.63. The van der Waals surface area contributed by atoms with E-state index >= 15 is 0 Å². The van der Waals surface area contributed by atoms with Crippen molar-refractivity contribution >= 4 is 11.6 Å². The van der Waals surface area contributed by atoms with Gasteiger partial charge in [-0.1, -0.05) is 49.4 Å². The number of rotatable bonds is 4. The Labute approximate surface area is 114 Å². The molecule has 0 aliphatic carbocycles. The van der Waals surface area contributed by atoms with Gasteiger partial charge in [0.1, 0.15) is 0 Å². The van der Waals surface area contributed by atoms with Crippen LogP contribution < -0.4 is 5.32 Å². The Hall–Kier alpha value is -2.09. The zero-order valence-electron chi connectivity index (χ0n) is 11.4. The Morgan fingerprint density at radius 1 is 1.11 bits per heavy atom. The molecule has 2 rings (SSSR count). The summed E-state index contributed by atoms with van der Waals surface area (Å²) >= 11 is 0. The molecule has 2 aromatic rings. The first-order chi connectivity index (χ1) is 9.20. The minimum absolute atomic E-state index is 0.0549. The van der Waals surface area contributed by atoms with Crippen molar-refractivity contribution in [1.29, 1.82) is 0 Å². The SMILES string of the molecule is CC[C@H](C(=O)Nc1cccc(C)c1)c1ccccc1. The van der Waals surface area contributed by atoms with E-state index in [0.29, 0.717) is 0 Å². The number of anilines is 1. The van der Waals surface area contributed by atoms with Crippen LogP contribution in [0.2, 0.25) is 0 Å². The molecule has 0 fully saturated rings. The van der Waals surface area contributed by atoms with Crippen molar-refractivity contribution < 1.29 is 4.79 Å². The lowest BCUT2D eigenvalue weighted by molar-refractivity contribution is -0.117. The Morgan fingerprint density at radius 2 is 1.84 bits per heavy atom. The number of benzene rings is 2. The molecule has 0 heterocycles. The summed E-state index contributed by atoms with van der Waals surface area (Å²) in [5.41, 5.74) is 3.07. The van der Waals surface area contributed by atoms with Crippen LogP contribution >= 0.6 is 0 Å². The summed E-state index contributed by atoms with van der Waals surface area (Å²) in [4.78, 5) is 12.3. The van der Waals surface area contributed by atoms with E-state index in [0.717, 1.165) is 23.2 Å². The molecule has 0 spiro atoms. The van der Waals surface area contributed by atoms with Crippen molar-refractivity contribution in [2.75, 3.05) is 5.32 Å². The van der Waals surface area contributed by atoms with Crippen LogP contribution in [-0.4, -0.2) is 5.91 Å². The maximum atomic E-state index is 12.3. The van der Waals surface area contributed by atoms with E-state index in [1.807, 2.05) is 68.4 Å². The van der Waals surface area contributed by atoms with Crippen LogP contribution in [0.5, 0.6) is 0 Å². The highest BCUT2D eigenvalue weighted by Gasteiger charge is 2.18. The van der Waals surface area contributed by atoms with Crippen molar-refractivity contribution in [3.63, 3.8) is 0 Å². The molecule has 0 aromatic heterocycles. The summed E-state index contributed by atoms with van der Waals surface area (Å²) in [6.45, 7) is 4.05. The molecule has 19 heavy (non-hydrogen) atoms. The number of hydrogen-bond donors (Lipinski definition) is 1. The fourth-order valence-corrected chi connectivity index (χ4v) is 2.21. The highest BCUT2D eigenvalue weighted by molar-refractivity contribution is 5.95. The predicted molar refractivity (Wildman–Crippen MR) is 79.3 cm³/mol. The molecule has 0 aliphatic rings. The number of hydrogen-bond acceptors (Lipinski definition) is 1. The van der Waals surface area contributed by atoms with E-state index < -0.39 is 0 Å². The maximum absolute atomic E-state index is 12.3. The summed E-state index contributed by atoms with van der Waals surface area (Å²) < 4.78 is 0. The van der Waals surface area contributed by atoms with Crippen molar-refractivity contribution in [1.82, 2.24) is 0 Å². The summed E-state index contributed by atoms with van der Waals surface area (Å²) in [5, 5.41) is 2.99. The first-order valence-corrected chi connectivity index (χ1v) is 6.63. The molecular formula is C17H19NO. The average molecular weight is 253 g/mol. The molecule has 1 amide bonds. The van der Waals surface area contributed by atoms with E-state index in [-0.39, 0.29) is 11.8 Å². The van der Waals surface area contributed by atoms with Crippen LogP contribution in [0, 0.1) is 6.92 Å². The van der Waals surface area contributed by atoms with Crippen molar-refractivity contribution in [2.45, 2.75) is 26.2 Å². The molecule has 0 saturated heterocycles. The van der Waals surface area contributed by atoms with Gasteiger partial charge >= 0.3 is 0 Å². The third-order valence-electron chi connectivity index (χ3n) is 3.21. The standard InChI is InChI=1S/C17H19NO/c1-3-16(14-9-5-4-6-10-14)17(19)18-15-11-7-8-13(2)12-15/h4-12,16H,3H2,1-2H3,(H,18,19)/t16-/m0/s1. The van der Waals surface area contributed by atoms with Gasteiger partial charge < -0.3 is 5.32 Å². The quantitative estimate of drug-likeness (QED) is 0.872. The van der Waals surface area contributed by atoms with Crippen LogP contribution in [0.15, 0.2) is 54.6 Å². The van der Waals surface area contributed by atoms with Crippen molar-refractivity contribution in [3.05, 3.63) is 65.7 Å². The largest absolute Gasteiger partial charge is 0.326 e. The van der Waals surface area contributed by atoms with Gasteiger partial charge in [-0.15, -0.1) is 0 Å². The minimum Gasteiger partial charge on any atom is -0.326 e. The number of amides is 1. The topological polar surface area (TPSA) is 29.1 Å². The normalized spacial score (nSPS) is 11.9. The number of carbonyl (C=O) groups excluding carboxylic acids is 1. The summed E-state index contributed by atoms with van der Waals surface area (Å²) in [7, 11) is 0. The molecule has 0 aliphatic heterocycles. The zero-order chi connectivity index (χ0) is 13.7. The van der Waals surface area contributed by atoms with Crippen LogP contribution in [0.4, 0.5) is 5.69 Å². The summed E-state index contributed by atoms with van der Waals surface area (Å²) in [5.74, 6) is -0.0407. The molecule has 2 nitrogen and oxygen atoms in total. The van der Waals surface area contributed by atoms with E-state index in [9.17, 15) is 4.79 Å². The monoisotopic (exact) mass is 253 g/mol. The number of carbonyl (C=O) groups is 1. The minimum atomic E-state index is -0.0956. The second-order valence-corrected chi connectivity index (χ2v) is 4.73. The molecular weight excluding hydrogens is 234 g/mol. The van der Waals surface area contributed by atoms with E-state index in [4.69, 9.17) is 0 Å². The Kier molecular flexibility index (Phi) is 4.35. The van der Waals surface area contributed by atoms with E-state index in [1.54, 1.807) is 0 Å². The molecule has 0 bridgehead atoms.